The molecule has 1 heterocycles. The van der Waals surface area contributed by atoms with Crippen molar-refractivity contribution in [3.05, 3.63) is 17.5 Å². The van der Waals surface area contributed by atoms with E-state index >= 15 is 0 Å². The van der Waals surface area contributed by atoms with E-state index in [2.05, 4.69) is 0 Å². The number of hydrogen-bond acceptors (Lipinski definition) is 4. The maximum absolute atomic E-state index is 9.64. The third kappa shape index (κ3) is 1.28. The van der Waals surface area contributed by atoms with E-state index in [9.17, 15) is 5.11 Å². The van der Waals surface area contributed by atoms with Gasteiger partial charge in [0.15, 0.2) is 11.5 Å². The standard InChI is InChI=1S/C10H11NO2S/c1-2-13-9-8(12)5-7(11)6-3-4-14-10(6)9/h3-5,12H,2,11H2,1H3. The normalized spacial score (nSPS) is 10.6. The molecule has 3 N–H and O–H groups in total. The molecule has 0 aliphatic heterocycles. The maximum atomic E-state index is 9.64. The molecule has 1 aromatic carbocycles. The Labute approximate surface area is 85.7 Å². The second kappa shape index (κ2) is 3.38. The van der Waals surface area contributed by atoms with Crippen molar-refractivity contribution < 1.29 is 9.84 Å². The zero-order valence-corrected chi connectivity index (χ0v) is 8.60. The quantitative estimate of drug-likeness (QED) is 0.747. The molecule has 0 spiro atoms. The van der Waals surface area contributed by atoms with E-state index in [1.54, 1.807) is 0 Å². The molecule has 4 heteroatoms. The number of hydrogen-bond donors (Lipinski definition) is 2. The largest absolute Gasteiger partial charge is 0.504 e. The van der Waals surface area contributed by atoms with Crippen LogP contribution in [0.5, 0.6) is 11.5 Å². The van der Waals surface area contributed by atoms with Gasteiger partial charge in [-0.25, -0.2) is 0 Å². The Morgan fingerprint density at radius 3 is 3.07 bits per heavy atom. The van der Waals surface area contributed by atoms with Crippen molar-refractivity contribution in [1.29, 1.82) is 0 Å². The molecule has 0 saturated heterocycles. The van der Waals surface area contributed by atoms with Gasteiger partial charge in [-0.1, -0.05) is 0 Å². The first-order valence-corrected chi connectivity index (χ1v) is 5.23. The Kier molecular flexibility index (Phi) is 2.21. The van der Waals surface area contributed by atoms with Crippen LogP contribution in [0.1, 0.15) is 6.92 Å². The van der Waals surface area contributed by atoms with Gasteiger partial charge >= 0.3 is 0 Å². The van der Waals surface area contributed by atoms with Crippen molar-refractivity contribution >= 4 is 27.1 Å². The van der Waals surface area contributed by atoms with Crippen molar-refractivity contribution in [3.63, 3.8) is 0 Å². The molecule has 0 atom stereocenters. The molecule has 2 rings (SSSR count). The summed E-state index contributed by atoms with van der Waals surface area (Å²) in [5, 5.41) is 12.5. The minimum atomic E-state index is 0.110. The van der Waals surface area contributed by atoms with Crippen molar-refractivity contribution in [1.82, 2.24) is 0 Å². The second-order valence-corrected chi connectivity index (χ2v) is 3.83. The Morgan fingerprint density at radius 1 is 1.57 bits per heavy atom. The van der Waals surface area contributed by atoms with Gasteiger partial charge in [0.2, 0.25) is 0 Å². The highest BCUT2D eigenvalue weighted by atomic mass is 32.1. The van der Waals surface area contributed by atoms with E-state index in [0.717, 1.165) is 10.1 Å². The second-order valence-electron chi connectivity index (χ2n) is 2.91. The highest BCUT2D eigenvalue weighted by Gasteiger charge is 2.11. The van der Waals surface area contributed by atoms with Gasteiger partial charge in [-0.3, -0.25) is 0 Å². The summed E-state index contributed by atoms with van der Waals surface area (Å²) in [6, 6.07) is 3.46. The maximum Gasteiger partial charge on any atom is 0.178 e. The number of thiophene rings is 1. The van der Waals surface area contributed by atoms with Crippen LogP contribution >= 0.6 is 11.3 Å². The lowest BCUT2D eigenvalue weighted by atomic mass is 10.2. The van der Waals surface area contributed by atoms with Crippen molar-refractivity contribution in [2.45, 2.75) is 6.92 Å². The zero-order chi connectivity index (χ0) is 10.1. The average Bonchev–Trinajstić information content (AvgIpc) is 2.60. The molecule has 3 nitrogen and oxygen atoms in total. The molecule has 0 bridgehead atoms. The first-order chi connectivity index (χ1) is 6.74. The van der Waals surface area contributed by atoms with E-state index < -0.39 is 0 Å². The van der Waals surface area contributed by atoms with Crippen LogP contribution in [0, 0.1) is 0 Å². The highest BCUT2D eigenvalue weighted by molar-refractivity contribution is 7.17. The van der Waals surface area contributed by atoms with Gasteiger partial charge in [-0.15, -0.1) is 11.3 Å². The molecule has 2 aromatic rings. The summed E-state index contributed by atoms with van der Waals surface area (Å²) >= 11 is 1.52. The molecule has 0 radical (unpaired) electrons. The predicted octanol–water partition coefficient (Wildman–Crippen LogP) is 2.59. The van der Waals surface area contributed by atoms with Crippen molar-refractivity contribution in [2.24, 2.45) is 0 Å². The van der Waals surface area contributed by atoms with E-state index in [0.29, 0.717) is 18.0 Å². The number of rotatable bonds is 2. The summed E-state index contributed by atoms with van der Waals surface area (Å²) in [5.74, 6) is 0.644. The Bertz CT molecular complexity index is 464. The minimum Gasteiger partial charge on any atom is -0.504 e. The van der Waals surface area contributed by atoms with Crippen LogP contribution < -0.4 is 10.5 Å². The summed E-state index contributed by atoms with van der Waals surface area (Å²) in [6.45, 7) is 2.42. The van der Waals surface area contributed by atoms with Gasteiger partial charge in [0, 0.05) is 17.1 Å². The van der Waals surface area contributed by atoms with Gasteiger partial charge < -0.3 is 15.6 Å². The summed E-state index contributed by atoms with van der Waals surface area (Å²) < 4.78 is 6.27. The monoisotopic (exact) mass is 209 g/mol. The van der Waals surface area contributed by atoms with Gasteiger partial charge in [-0.05, 0) is 18.4 Å². The first-order valence-electron chi connectivity index (χ1n) is 4.35. The fraction of sp³-hybridized carbons (Fsp3) is 0.200. The van der Waals surface area contributed by atoms with Gasteiger partial charge in [0.1, 0.15) is 0 Å². The molecule has 0 fully saturated rings. The van der Waals surface area contributed by atoms with E-state index in [-0.39, 0.29) is 5.75 Å². The number of benzene rings is 1. The van der Waals surface area contributed by atoms with Crippen LogP contribution in [0.15, 0.2) is 17.5 Å². The first kappa shape index (κ1) is 9.15. The van der Waals surface area contributed by atoms with Crippen molar-refractivity contribution in [3.8, 4) is 11.5 Å². The number of fused-ring (bicyclic) bond motifs is 1. The van der Waals surface area contributed by atoms with Gasteiger partial charge in [0.05, 0.1) is 11.3 Å². The number of aromatic hydroxyl groups is 1. The number of ether oxygens (including phenoxy) is 1. The fourth-order valence-corrected chi connectivity index (χ4v) is 2.33. The van der Waals surface area contributed by atoms with Crippen LogP contribution in [0.4, 0.5) is 5.69 Å². The summed E-state index contributed by atoms with van der Waals surface area (Å²) in [7, 11) is 0. The molecule has 0 aliphatic carbocycles. The molecule has 1 aromatic heterocycles. The number of phenolic OH excluding ortho intramolecular Hbond substituents is 1. The van der Waals surface area contributed by atoms with Crippen LogP contribution in [-0.2, 0) is 0 Å². The van der Waals surface area contributed by atoms with E-state index in [1.807, 2.05) is 18.4 Å². The molecule has 0 saturated carbocycles. The topological polar surface area (TPSA) is 55.5 Å². The average molecular weight is 209 g/mol. The fourth-order valence-electron chi connectivity index (χ4n) is 1.40. The third-order valence-corrected chi connectivity index (χ3v) is 2.91. The highest BCUT2D eigenvalue weighted by Crippen LogP contribution is 2.41. The van der Waals surface area contributed by atoms with Gasteiger partial charge in [0.25, 0.3) is 0 Å². The molecular formula is C10H11NO2S. The SMILES string of the molecule is CCOc1c(O)cc(N)c2ccsc12. The lowest BCUT2D eigenvalue weighted by Crippen LogP contribution is -1.93. The third-order valence-electron chi connectivity index (χ3n) is 2.00. The number of anilines is 1. The molecule has 0 unspecified atom stereocenters. The minimum absolute atomic E-state index is 0.110. The molecule has 0 aliphatic rings. The van der Waals surface area contributed by atoms with E-state index in [1.165, 1.54) is 17.4 Å². The summed E-state index contributed by atoms with van der Waals surface area (Å²) in [5.41, 5.74) is 6.34. The molecular weight excluding hydrogens is 198 g/mol. The van der Waals surface area contributed by atoms with Crippen LogP contribution in [0.25, 0.3) is 10.1 Å². The molecule has 14 heavy (non-hydrogen) atoms. The molecule has 0 amide bonds. The van der Waals surface area contributed by atoms with E-state index in [4.69, 9.17) is 10.5 Å². The Hall–Kier alpha value is -1.42. The number of nitrogens with two attached hydrogens (primary N) is 1. The summed E-state index contributed by atoms with van der Waals surface area (Å²) in [4.78, 5) is 0. The van der Waals surface area contributed by atoms with Crippen LogP contribution in [-0.4, -0.2) is 11.7 Å². The number of phenols is 1. The van der Waals surface area contributed by atoms with Crippen LogP contribution in [0.2, 0.25) is 0 Å². The smallest absolute Gasteiger partial charge is 0.178 e. The van der Waals surface area contributed by atoms with Crippen LogP contribution in [0.3, 0.4) is 0 Å². The van der Waals surface area contributed by atoms with Gasteiger partial charge in [-0.2, -0.15) is 0 Å². The van der Waals surface area contributed by atoms with Crippen molar-refractivity contribution in [2.75, 3.05) is 12.3 Å². The predicted molar refractivity (Wildman–Crippen MR) is 59.1 cm³/mol. The lowest BCUT2D eigenvalue weighted by Gasteiger charge is -2.08. The molecule has 74 valence electrons. The number of nitrogen functional groups attached to an aromatic ring is 1. The zero-order valence-electron chi connectivity index (χ0n) is 7.78. The summed E-state index contributed by atoms with van der Waals surface area (Å²) in [6.07, 6.45) is 0. The lowest BCUT2D eigenvalue weighted by molar-refractivity contribution is 0.323. The Balaban J connectivity index is 2.73. The Morgan fingerprint density at radius 2 is 2.36 bits per heavy atom.